The highest BCUT2D eigenvalue weighted by atomic mass is 16.5. The lowest BCUT2D eigenvalue weighted by molar-refractivity contribution is 0.184. The third kappa shape index (κ3) is 3.91. The Balaban J connectivity index is 1.39. The Hall–Kier alpha value is -1.99. The first-order chi connectivity index (χ1) is 13.8. The summed E-state index contributed by atoms with van der Waals surface area (Å²) in [5.74, 6) is 1.51. The van der Waals surface area contributed by atoms with Gasteiger partial charge in [-0.25, -0.2) is 9.97 Å². The summed E-state index contributed by atoms with van der Waals surface area (Å²) in [6, 6.07) is 3.12. The molecular formula is C21H30N6O. The van der Waals surface area contributed by atoms with Crippen molar-refractivity contribution in [1.29, 1.82) is 0 Å². The molecule has 2 aromatic rings. The molecule has 3 N–H and O–H groups in total. The molecule has 3 aliphatic rings. The van der Waals surface area contributed by atoms with Crippen molar-refractivity contribution in [2.24, 2.45) is 11.7 Å². The maximum absolute atomic E-state index is 6.03. The van der Waals surface area contributed by atoms with Crippen LogP contribution in [0.3, 0.4) is 0 Å². The monoisotopic (exact) mass is 382 g/mol. The number of nitrogens with zero attached hydrogens (tertiary/aromatic N) is 4. The Morgan fingerprint density at radius 2 is 2.00 bits per heavy atom. The molecule has 1 saturated heterocycles. The quantitative estimate of drug-likeness (QED) is 0.798. The molecule has 7 nitrogen and oxygen atoms in total. The second-order valence-corrected chi connectivity index (χ2v) is 8.64. The van der Waals surface area contributed by atoms with Gasteiger partial charge in [0.2, 0.25) is 5.95 Å². The van der Waals surface area contributed by atoms with E-state index in [4.69, 9.17) is 20.6 Å². The van der Waals surface area contributed by atoms with Gasteiger partial charge in [0.05, 0.1) is 24.5 Å². The first-order valence-electron chi connectivity index (χ1n) is 10.8. The van der Waals surface area contributed by atoms with Gasteiger partial charge < -0.3 is 15.8 Å². The molecule has 150 valence electrons. The van der Waals surface area contributed by atoms with E-state index in [9.17, 15) is 0 Å². The zero-order valence-corrected chi connectivity index (χ0v) is 16.4. The minimum absolute atomic E-state index is 0.348. The summed E-state index contributed by atoms with van der Waals surface area (Å²) in [4.78, 5) is 9.31. The largest absolute Gasteiger partial charge is 0.379 e. The van der Waals surface area contributed by atoms with Gasteiger partial charge in [0, 0.05) is 36.1 Å². The summed E-state index contributed by atoms with van der Waals surface area (Å²) >= 11 is 0. The van der Waals surface area contributed by atoms with E-state index in [0.717, 1.165) is 68.9 Å². The molecule has 5 rings (SSSR count). The van der Waals surface area contributed by atoms with Gasteiger partial charge in [-0.1, -0.05) is 0 Å². The van der Waals surface area contributed by atoms with Gasteiger partial charge in [0.25, 0.3) is 0 Å². The molecule has 2 aromatic heterocycles. The SMILES string of the molecule is NC1CCC(Nc2nccc(-c3cnn([C@@H]4CCOC4)c3CC3CC3)n2)CC1. The predicted octanol–water partition coefficient (Wildman–Crippen LogP) is 2.94. The van der Waals surface area contributed by atoms with E-state index in [0.29, 0.717) is 24.1 Å². The van der Waals surface area contributed by atoms with Gasteiger partial charge in [-0.15, -0.1) is 0 Å². The Bertz CT molecular complexity index is 803. The molecule has 28 heavy (non-hydrogen) atoms. The van der Waals surface area contributed by atoms with Gasteiger partial charge in [0.15, 0.2) is 0 Å². The van der Waals surface area contributed by atoms with E-state index in [1.807, 2.05) is 18.5 Å². The average molecular weight is 383 g/mol. The van der Waals surface area contributed by atoms with Crippen LogP contribution in [-0.4, -0.2) is 45.0 Å². The number of rotatable bonds is 6. The highest BCUT2D eigenvalue weighted by molar-refractivity contribution is 5.62. The number of hydrogen-bond donors (Lipinski definition) is 2. The highest BCUT2D eigenvalue weighted by Crippen LogP contribution is 2.37. The molecular weight excluding hydrogens is 352 g/mol. The van der Waals surface area contributed by atoms with Crippen LogP contribution in [0.5, 0.6) is 0 Å². The normalized spacial score (nSPS) is 27.8. The summed E-state index contributed by atoms with van der Waals surface area (Å²) in [6.07, 6.45) is 12.9. The molecule has 2 saturated carbocycles. The maximum atomic E-state index is 6.03. The standard InChI is InChI=1S/C21H30N6O/c22-15-3-5-16(6-4-15)25-21-23-9-7-19(26-21)18-12-24-27(17-8-10-28-13-17)20(18)11-14-1-2-14/h7,9,12,14-17H,1-6,8,10-11,13,22H2,(H,23,25,26)/t15?,16?,17-/m1/s1. The van der Waals surface area contributed by atoms with Crippen LogP contribution >= 0.6 is 0 Å². The molecule has 1 atom stereocenters. The van der Waals surface area contributed by atoms with E-state index in [-0.39, 0.29) is 0 Å². The third-order valence-electron chi connectivity index (χ3n) is 6.37. The number of ether oxygens (including phenoxy) is 1. The van der Waals surface area contributed by atoms with Crippen LogP contribution < -0.4 is 11.1 Å². The van der Waals surface area contributed by atoms with Crippen LogP contribution in [0.2, 0.25) is 0 Å². The molecule has 0 aromatic carbocycles. The molecule has 0 amide bonds. The fraction of sp³-hybridized carbons (Fsp3) is 0.667. The number of nitrogens with one attached hydrogen (secondary N) is 1. The molecule has 7 heteroatoms. The average Bonchev–Trinajstić information content (AvgIpc) is 3.18. The van der Waals surface area contributed by atoms with Crippen LogP contribution in [0.25, 0.3) is 11.3 Å². The lowest BCUT2D eigenvalue weighted by atomic mass is 9.92. The van der Waals surface area contributed by atoms with E-state index < -0.39 is 0 Å². The van der Waals surface area contributed by atoms with Gasteiger partial charge in [-0.05, 0) is 63.4 Å². The molecule has 0 unspecified atom stereocenters. The Labute approximate surface area is 166 Å². The molecule has 1 aliphatic heterocycles. The Morgan fingerprint density at radius 3 is 2.75 bits per heavy atom. The number of aromatic nitrogens is 4. The van der Waals surface area contributed by atoms with Crippen molar-refractivity contribution in [1.82, 2.24) is 19.7 Å². The van der Waals surface area contributed by atoms with Crippen molar-refractivity contribution < 1.29 is 4.74 Å². The maximum Gasteiger partial charge on any atom is 0.223 e. The van der Waals surface area contributed by atoms with Crippen molar-refractivity contribution in [3.05, 3.63) is 24.2 Å². The minimum atomic E-state index is 0.348. The van der Waals surface area contributed by atoms with Crippen molar-refractivity contribution in [2.75, 3.05) is 18.5 Å². The van der Waals surface area contributed by atoms with E-state index in [1.165, 1.54) is 18.5 Å². The fourth-order valence-corrected chi connectivity index (χ4v) is 4.45. The van der Waals surface area contributed by atoms with Crippen LogP contribution in [0.1, 0.15) is 56.7 Å². The molecule has 0 radical (unpaired) electrons. The van der Waals surface area contributed by atoms with Crippen molar-refractivity contribution in [3.63, 3.8) is 0 Å². The first kappa shape index (κ1) is 18.1. The lowest BCUT2D eigenvalue weighted by Gasteiger charge is -2.26. The van der Waals surface area contributed by atoms with Crippen molar-refractivity contribution in [2.45, 2.75) is 69.5 Å². The molecule has 0 spiro atoms. The van der Waals surface area contributed by atoms with Gasteiger partial charge in [0.1, 0.15) is 0 Å². The van der Waals surface area contributed by atoms with Crippen molar-refractivity contribution >= 4 is 5.95 Å². The van der Waals surface area contributed by atoms with E-state index in [1.54, 1.807) is 0 Å². The van der Waals surface area contributed by atoms with Gasteiger partial charge in [-0.2, -0.15) is 5.10 Å². The fourth-order valence-electron chi connectivity index (χ4n) is 4.45. The topological polar surface area (TPSA) is 90.9 Å². The second kappa shape index (κ2) is 7.79. The summed E-state index contributed by atoms with van der Waals surface area (Å²) in [5, 5.41) is 8.27. The first-order valence-corrected chi connectivity index (χ1v) is 10.8. The molecule has 2 aliphatic carbocycles. The van der Waals surface area contributed by atoms with Crippen molar-refractivity contribution in [3.8, 4) is 11.3 Å². The Kier molecular flexibility index (Phi) is 5.03. The van der Waals surface area contributed by atoms with E-state index in [2.05, 4.69) is 15.0 Å². The summed E-state index contributed by atoms with van der Waals surface area (Å²) in [7, 11) is 0. The van der Waals surface area contributed by atoms with Crippen LogP contribution in [0.15, 0.2) is 18.5 Å². The predicted molar refractivity (Wildman–Crippen MR) is 108 cm³/mol. The lowest BCUT2D eigenvalue weighted by Crippen LogP contribution is -2.33. The zero-order chi connectivity index (χ0) is 18.9. The smallest absolute Gasteiger partial charge is 0.223 e. The third-order valence-corrected chi connectivity index (χ3v) is 6.37. The second-order valence-electron chi connectivity index (χ2n) is 8.64. The highest BCUT2D eigenvalue weighted by Gasteiger charge is 2.29. The number of anilines is 1. The van der Waals surface area contributed by atoms with Crippen LogP contribution in [0.4, 0.5) is 5.95 Å². The van der Waals surface area contributed by atoms with E-state index >= 15 is 0 Å². The van der Waals surface area contributed by atoms with Crippen LogP contribution in [-0.2, 0) is 11.2 Å². The Morgan fingerprint density at radius 1 is 1.14 bits per heavy atom. The van der Waals surface area contributed by atoms with Gasteiger partial charge >= 0.3 is 0 Å². The summed E-state index contributed by atoms with van der Waals surface area (Å²) in [5.41, 5.74) is 9.45. The molecule has 3 fully saturated rings. The number of hydrogen-bond acceptors (Lipinski definition) is 6. The zero-order valence-electron chi connectivity index (χ0n) is 16.4. The summed E-state index contributed by atoms with van der Waals surface area (Å²) in [6.45, 7) is 1.59. The molecule has 3 heterocycles. The minimum Gasteiger partial charge on any atom is -0.379 e. The van der Waals surface area contributed by atoms with Gasteiger partial charge in [-0.3, -0.25) is 4.68 Å². The van der Waals surface area contributed by atoms with Crippen LogP contribution in [0, 0.1) is 5.92 Å². The molecule has 0 bridgehead atoms. The summed E-state index contributed by atoms with van der Waals surface area (Å²) < 4.78 is 7.81. The number of nitrogens with two attached hydrogens (primary N) is 1.